The molecule has 4 rings (SSSR count). The van der Waals surface area contributed by atoms with Gasteiger partial charge in [-0.15, -0.1) is 11.8 Å². The number of rotatable bonds is 5. The van der Waals surface area contributed by atoms with Gasteiger partial charge in [-0.05, 0) is 92.8 Å². The smallest absolute Gasteiger partial charge is 0.234 e. The van der Waals surface area contributed by atoms with Crippen molar-refractivity contribution in [2.45, 2.75) is 49.8 Å². The first-order valence-electron chi connectivity index (χ1n) is 10.1. The van der Waals surface area contributed by atoms with Crippen molar-refractivity contribution in [3.63, 3.8) is 0 Å². The van der Waals surface area contributed by atoms with E-state index in [-0.39, 0.29) is 5.91 Å². The van der Waals surface area contributed by atoms with Crippen molar-refractivity contribution in [1.82, 2.24) is 5.32 Å². The maximum atomic E-state index is 12.1. The van der Waals surface area contributed by atoms with Gasteiger partial charge in [-0.3, -0.25) is 4.79 Å². The number of thioether (sulfide) groups is 1. The Balaban J connectivity index is 1.40. The maximum absolute atomic E-state index is 12.1. The second-order valence-electron chi connectivity index (χ2n) is 8.18. The number of carbonyl (C=O) groups is 1. The third kappa shape index (κ3) is 3.83. The van der Waals surface area contributed by atoms with Crippen molar-refractivity contribution in [2.24, 2.45) is 0 Å². The van der Waals surface area contributed by atoms with E-state index in [2.05, 4.69) is 34.9 Å². The van der Waals surface area contributed by atoms with Gasteiger partial charge in [0.15, 0.2) is 0 Å². The van der Waals surface area contributed by atoms with Gasteiger partial charge in [-0.25, -0.2) is 0 Å². The third-order valence-corrected chi connectivity index (χ3v) is 7.54. The van der Waals surface area contributed by atoms with Crippen LogP contribution >= 0.6 is 23.4 Å². The summed E-state index contributed by atoms with van der Waals surface area (Å²) in [7, 11) is 0. The number of halogens is 1. The average Bonchev–Trinajstić information content (AvgIpc) is 2.84. The second kappa shape index (κ2) is 8.10. The fourth-order valence-corrected chi connectivity index (χ4v) is 5.54. The van der Waals surface area contributed by atoms with Gasteiger partial charge >= 0.3 is 0 Å². The van der Waals surface area contributed by atoms with E-state index in [1.54, 1.807) is 0 Å². The summed E-state index contributed by atoms with van der Waals surface area (Å²) < 4.78 is 0. The Morgan fingerprint density at radius 2 is 1.96 bits per heavy atom. The number of fused-ring (bicyclic) bond motifs is 2. The number of anilines is 1. The van der Waals surface area contributed by atoms with Crippen molar-refractivity contribution < 1.29 is 4.79 Å². The highest BCUT2D eigenvalue weighted by Crippen LogP contribution is 2.38. The maximum Gasteiger partial charge on any atom is 0.234 e. The summed E-state index contributed by atoms with van der Waals surface area (Å²) in [5, 5.41) is 7.34. The van der Waals surface area contributed by atoms with Crippen LogP contribution in [-0.2, 0) is 29.5 Å². The predicted octanol–water partition coefficient (Wildman–Crippen LogP) is 4.98. The topological polar surface area (TPSA) is 41.1 Å². The van der Waals surface area contributed by atoms with Crippen LogP contribution in [0.5, 0.6) is 0 Å². The number of carbonyl (C=O) groups excluding carboxylic acids is 1. The molecule has 5 heteroatoms. The third-order valence-electron chi connectivity index (χ3n) is 5.86. The highest BCUT2D eigenvalue weighted by Gasteiger charge is 2.38. The second-order valence-corrected chi connectivity index (χ2v) is 9.69. The van der Waals surface area contributed by atoms with Gasteiger partial charge < -0.3 is 10.6 Å². The van der Waals surface area contributed by atoms with E-state index in [1.165, 1.54) is 21.6 Å². The first-order valence-corrected chi connectivity index (χ1v) is 11.4. The zero-order valence-corrected chi connectivity index (χ0v) is 18.1. The van der Waals surface area contributed by atoms with Crippen molar-refractivity contribution in [3.05, 3.63) is 57.6 Å². The summed E-state index contributed by atoms with van der Waals surface area (Å²) in [5.41, 5.74) is 5.81. The zero-order chi connectivity index (χ0) is 19.7. The minimum Gasteiger partial charge on any atom is -0.325 e. The molecular weight excluding hydrogens is 388 g/mol. The lowest BCUT2D eigenvalue weighted by molar-refractivity contribution is -0.119. The number of hydrogen-bond donors (Lipinski definition) is 2. The molecule has 0 fully saturated rings. The molecule has 1 amide bonds. The molecule has 0 saturated heterocycles. The van der Waals surface area contributed by atoms with Crippen molar-refractivity contribution in [3.8, 4) is 0 Å². The average molecular weight is 415 g/mol. The van der Waals surface area contributed by atoms with Crippen LogP contribution in [0.15, 0.2) is 35.2 Å². The van der Waals surface area contributed by atoms with E-state index in [1.807, 2.05) is 31.7 Å². The molecule has 2 aromatic carbocycles. The lowest BCUT2D eigenvalue weighted by Crippen LogP contribution is -2.26. The summed E-state index contributed by atoms with van der Waals surface area (Å²) in [6.07, 6.45) is 4.24. The highest BCUT2D eigenvalue weighted by atomic mass is 35.5. The molecule has 0 spiro atoms. The standard InChI is InChI=1S/C23H27ClN2OS/c1-23(2)18-14-15(5-8-20(18)26-22(23)27)4-3-13-28-21-17-10-12-25-11-9-16(17)6-7-19(21)24/h5-8,14,25H,3-4,9-13H2,1-2H3,(H,26,27). The quantitative estimate of drug-likeness (QED) is 0.535. The van der Waals surface area contributed by atoms with Gasteiger partial charge in [-0.1, -0.05) is 29.8 Å². The summed E-state index contributed by atoms with van der Waals surface area (Å²) in [6.45, 7) is 6.06. The number of benzene rings is 2. The van der Waals surface area contributed by atoms with Crippen LogP contribution in [0.4, 0.5) is 5.69 Å². The number of nitrogens with one attached hydrogen (secondary N) is 2. The molecule has 0 aliphatic carbocycles. The number of amides is 1. The lowest BCUT2D eigenvalue weighted by atomic mass is 9.85. The number of aryl methyl sites for hydroxylation is 1. The molecule has 3 nitrogen and oxygen atoms in total. The Morgan fingerprint density at radius 3 is 2.82 bits per heavy atom. The van der Waals surface area contributed by atoms with E-state index in [9.17, 15) is 4.79 Å². The molecule has 2 aliphatic heterocycles. The van der Waals surface area contributed by atoms with Crippen molar-refractivity contribution >= 4 is 35.0 Å². The molecule has 0 radical (unpaired) electrons. The first kappa shape index (κ1) is 19.8. The van der Waals surface area contributed by atoms with E-state index in [4.69, 9.17) is 11.6 Å². The van der Waals surface area contributed by atoms with Crippen LogP contribution in [0.2, 0.25) is 5.02 Å². The van der Waals surface area contributed by atoms with Crippen LogP contribution in [0, 0.1) is 0 Å². The minimum atomic E-state index is -0.441. The van der Waals surface area contributed by atoms with Crippen molar-refractivity contribution in [1.29, 1.82) is 0 Å². The Morgan fingerprint density at radius 1 is 1.14 bits per heavy atom. The Hall–Kier alpha value is -1.49. The van der Waals surface area contributed by atoms with E-state index in [0.717, 1.165) is 60.8 Å². The summed E-state index contributed by atoms with van der Waals surface area (Å²) in [6, 6.07) is 10.6. The van der Waals surface area contributed by atoms with Crippen LogP contribution in [0.25, 0.3) is 0 Å². The normalized spacial score (nSPS) is 17.6. The molecule has 28 heavy (non-hydrogen) atoms. The Labute approximate surface area is 176 Å². The molecule has 0 saturated carbocycles. The molecule has 148 valence electrons. The summed E-state index contributed by atoms with van der Waals surface area (Å²) >= 11 is 8.43. The van der Waals surface area contributed by atoms with Crippen LogP contribution < -0.4 is 10.6 Å². The SMILES string of the molecule is CC1(C)C(=O)Nc2ccc(CCCSc3c(Cl)ccc4c3CCNCC4)cc21. The van der Waals surface area contributed by atoms with Gasteiger partial charge in [-0.2, -0.15) is 0 Å². The van der Waals surface area contributed by atoms with E-state index in [0.29, 0.717) is 0 Å². The molecule has 2 N–H and O–H groups in total. The summed E-state index contributed by atoms with van der Waals surface area (Å²) in [5.74, 6) is 1.13. The van der Waals surface area contributed by atoms with Gasteiger partial charge in [0.2, 0.25) is 5.91 Å². The van der Waals surface area contributed by atoms with Gasteiger partial charge in [0.1, 0.15) is 0 Å². The molecule has 0 unspecified atom stereocenters. The van der Waals surface area contributed by atoms with E-state index >= 15 is 0 Å². The summed E-state index contributed by atoms with van der Waals surface area (Å²) in [4.78, 5) is 13.4. The molecule has 0 atom stereocenters. The Kier molecular flexibility index (Phi) is 5.73. The fraction of sp³-hybridized carbons (Fsp3) is 0.435. The van der Waals surface area contributed by atoms with Crippen molar-refractivity contribution in [2.75, 3.05) is 24.2 Å². The highest BCUT2D eigenvalue weighted by molar-refractivity contribution is 7.99. The molecule has 2 heterocycles. The fourth-order valence-electron chi connectivity index (χ4n) is 4.09. The first-order chi connectivity index (χ1) is 13.5. The zero-order valence-electron chi connectivity index (χ0n) is 16.5. The largest absolute Gasteiger partial charge is 0.325 e. The minimum absolute atomic E-state index is 0.0871. The van der Waals surface area contributed by atoms with Gasteiger partial charge in [0.05, 0.1) is 10.4 Å². The van der Waals surface area contributed by atoms with Crippen LogP contribution in [0.1, 0.15) is 42.5 Å². The monoisotopic (exact) mass is 414 g/mol. The van der Waals surface area contributed by atoms with Gasteiger partial charge in [0, 0.05) is 10.6 Å². The molecule has 2 aliphatic rings. The Bertz CT molecular complexity index is 910. The lowest BCUT2D eigenvalue weighted by Gasteiger charge is -2.16. The van der Waals surface area contributed by atoms with Gasteiger partial charge in [0.25, 0.3) is 0 Å². The molecule has 2 aromatic rings. The molecule has 0 bridgehead atoms. The molecular formula is C23H27ClN2OS. The van der Waals surface area contributed by atoms with Crippen LogP contribution in [-0.4, -0.2) is 24.7 Å². The van der Waals surface area contributed by atoms with E-state index < -0.39 is 5.41 Å². The van der Waals surface area contributed by atoms with Crippen LogP contribution in [0.3, 0.4) is 0 Å². The predicted molar refractivity (Wildman–Crippen MR) is 119 cm³/mol. The molecule has 0 aromatic heterocycles. The number of hydrogen-bond acceptors (Lipinski definition) is 3.